The Hall–Kier alpha value is -0.820. The van der Waals surface area contributed by atoms with E-state index in [-0.39, 0.29) is 16.5 Å². The third kappa shape index (κ3) is 2.40. The zero-order valence-corrected chi connectivity index (χ0v) is 10.6. The zero-order valence-electron chi connectivity index (χ0n) is 9.01. The minimum atomic E-state index is -3.66. The summed E-state index contributed by atoms with van der Waals surface area (Å²) in [6, 6.07) is 4.33. The van der Waals surface area contributed by atoms with Crippen molar-refractivity contribution in [1.29, 1.82) is 0 Å². The molecule has 0 spiro atoms. The van der Waals surface area contributed by atoms with Crippen LogP contribution in [0.25, 0.3) is 0 Å². The standard InChI is InChI=1S/C10H13ClN2O3S/c11-9-2-1-7(12)5-10(9)17(15,16)13-4-3-8(14)6-13/h1-2,5,8,14H,3-4,6,12H2/t8-/m0/s1. The van der Waals surface area contributed by atoms with Gasteiger partial charge in [-0.2, -0.15) is 4.31 Å². The van der Waals surface area contributed by atoms with Gasteiger partial charge >= 0.3 is 0 Å². The number of aliphatic hydroxyl groups is 1. The lowest BCUT2D eigenvalue weighted by Gasteiger charge is -2.16. The minimum absolute atomic E-state index is 0.00623. The Bertz CT molecular complexity index is 532. The molecular weight excluding hydrogens is 264 g/mol. The molecule has 0 saturated carbocycles. The van der Waals surface area contributed by atoms with Gasteiger partial charge in [-0.1, -0.05) is 11.6 Å². The summed E-state index contributed by atoms with van der Waals surface area (Å²) in [6.07, 6.45) is -0.163. The Balaban J connectivity index is 2.41. The van der Waals surface area contributed by atoms with Crippen LogP contribution in [0.15, 0.2) is 23.1 Å². The van der Waals surface area contributed by atoms with Gasteiger partial charge in [0.05, 0.1) is 11.1 Å². The number of halogens is 1. The van der Waals surface area contributed by atoms with Crippen molar-refractivity contribution in [3.05, 3.63) is 23.2 Å². The lowest BCUT2D eigenvalue weighted by Crippen LogP contribution is -2.30. The molecule has 0 bridgehead atoms. The molecule has 5 nitrogen and oxygen atoms in total. The summed E-state index contributed by atoms with van der Waals surface area (Å²) in [5.41, 5.74) is 5.90. The Kier molecular flexibility index (Phi) is 3.31. The first-order valence-electron chi connectivity index (χ1n) is 5.14. The maximum atomic E-state index is 12.2. The number of nitrogens with zero attached hydrogens (tertiary/aromatic N) is 1. The second-order valence-corrected chi connectivity index (χ2v) is 6.31. The number of hydrogen-bond donors (Lipinski definition) is 2. The molecule has 3 N–H and O–H groups in total. The maximum absolute atomic E-state index is 12.2. The van der Waals surface area contributed by atoms with Crippen molar-refractivity contribution in [1.82, 2.24) is 4.31 Å². The predicted molar refractivity (Wildman–Crippen MR) is 65.2 cm³/mol. The number of β-amino-alcohol motifs (C(OH)–C–C–N with tert-alkyl or cyclic N) is 1. The maximum Gasteiger partial charge on any atom is 0.244 e. The highest BCUT2D eigenvalue weighted by atomic mass is 35.5. The van der Waals surface area contributed by atoms with Crippen molar-refractivity contribution >= 4 is 27.3 Å². The third-order valence-corrected chi connectivity index (χ3v) is 5.05. The first-order chi connectivity index (χ1) is 7.91. The van der Waals surface area contributed by atoms with Crippen molar-refractivity contribution in [3.63, 3.8) is 0 Å². The van der Waals surface area contributed by atoms with Crippen LogP contribution in [0.4, 0.5) is 5.69 Å². The molecule has 1 fully saturated rings. The van der Waals surface area contributed by atoms with Gasteiger partial charge in [-0.25, -0.2) is 8.42 Å². The summed E-state index contributed by atoms with van der Waals surface area (Å²) < 4.78 is 25.7. The van der Waals surface area contributed by atoms with E-state index in [1.54, 1.807) is 6.07 Å². The lowest BCUT2D eigenvalue weighted by atomic mass is 10.3. The highest BCUT2D eigenvalue weighted by Crippen LogP contribution is 2.28. The molecule has 0 radical (unpaired) electrons. The Morgan fingerprint density at radius 1 is 1.47 bits per heavy atom. The van der Waals surface area contributed by atoms with Gasteiger partial charge in [0.25, 0.3) is 0 Å². The van der Waals surface area contributed by atoms with Crippen LogP contribution in [-0.4, -0.2) is 37.0 Å². The minimum Gasteiger partial charge on any atom is -0.399 e. The van der Waals surface area contributed by atoms with Crippen LogP contribution in [0.1, 0.15) is 6.42 Å². The fraction of sp³-hybridized carbons (Fsp3) is 0.400. The molecule has 0 aromatic heterocycles. The predicted octanol–water partition coefficient (Wildman–Crippen LogP) is 0.678. The fourth-order valence-corrected chi connectivity index (χ4v) is 3.79. The van der Waals surface area contributed by atoms with Crippen molar-refractivity contribution in [2.75, 3.05) is 18.8 Å². The van der Waals surface area contributed by atoms with Crippen LogP contribution >= 0.6 is 11.6 Å². The zero-order chi connectivity index (χ0) is 12.6. The van der Waals surface area contributed by atoms with E-state index in [4.69, 9.17) is 17.3 Å². The highest BCUT2D eigenvalue weighted by Gasteiger charge is 2.32. The number of sulfonamides is 1. The Morgan fingerprint density at radius 2 is 2.18 bits per heavy atom. The summed E-state index contributed by atoms with van der Waals surface area (Å²) in [6.45, 7) is 0.405. The van der Waals surface area contributed by atoms with Gasteiger partial charge in [0.1, 0.15) is 4.90 Å². The number of anilines is 1. The molecule has 1 aliphatic rings. The molecule has 0 unspecified atom stereocenters. The number of aliphatic hydroxyl groups excluding tert-OH is 1. The van der Waals surface area contributed by atoms with E-state index in [0.717, 1.165) is 0 Å². The number of benzene rings is 1. The van der Waals surface area contributed by atoms with E-state index in [1.165, 1.54) is 16.4 Å². The van der Waals surface area contributed by atoms with Gasteiger partial charge in [-0.05, 0) is 24.6 Å². The molecule has 0 aliphatic carbocycles. The van der Waals surface area contributed by atoms with Crippen molar-refractivity contribution in [2.24, 2.45) is 0 Å². The Labute approximate surface area is 105 Å². The monoisotopic (exact) mass is 276 g/mol. The quantitative estimate of drug-likeness (QED) is 0.778. The molecule has 1 aromatic rings. The Morgan fingerprint density at radius 3 is 2.76 bits per heavy atom. The highest BCUT2D eigenvalue weighted by molar-refractivity contribution is 7.89. The molecule has 0 amide bonds. The first kappa shape index (κ1) is 12.6. The van der Waals surface area contributed by atoms with E-state index in [9.17, 15) is 13.5 Å². The average molecular weight is 277 g/mol. The van der Waals surface area contributed by atoms with Crippen molar-refractivity contribution < 1.29 is 13.5 Å². The number of rotatable bonds is 2. The molecule has 17 heavy (non-hydrogen) atoms. The second-order valence-electron chi connectivity index (χ2n) is 4.00. The normalized spacial score (nSPS) is 21.9. The van der Waals surface area contributed by atoms with Crippen LogP contribution in [0.2, 0.25) is 5.02 Å². The topological polar surface area (TPSA) is 83.6 Å². The van der Waals surface area contributed by atoms with E-state index in [0.29, 0.717) is 18.7 Å². The van der Waals surface area contributed by atoms with Crippen molar-refractivity contribution in [2.45, 2.75) is 17.4 Å². The molecule has 1 aromatic carbocycles. The molecule has 94 valence electrons. The van der Waals surface area contributed by atoms with Crippen LogP contribution < -0.4 is 5.73 Å². The average Bonchev–Trinajstić information content (AvgIpc) is 2.69. The molecule has 1 atom stereocenters. The number of nitrogens with two attached hydrogens (primary N) is 1. The molecular formula is C10H13ClN2O3S. The smallest absolute Gasteiger partial charge is 0.244 e. The second kappa shape index (κ2) is 4.45. The van der Waals surface area contributed by atoms with Crippen LogP contribution in [0.3, 0.4) is 0 Å². The largest absolute Gasteiger partial charge is 0.399 e. The lowest BCUT2D eigenvalue weighted by molar-refractivity contribution is 0.189. The van der Waals surface area contributed by atoms with Gasteiger partial charge < -0.3 is 10.8 Å². The van der Waals surface area contributed by atoms with Gasteiger partial charge in [0.2, 0.25) is 10.0 Å². The molecule has 1 heterocycles. The molecule has 7 heteroatoms. The number of nitrogen functional groups attached to an aromatic ring is 1. The van der Waals surface area contributed by atoms with Gasteiger partial charge in [-0.15, -0.1) is 0 Å². The molecule has 2 rings (SSSR count). The number of hydrogen-bond acceptors (Lipinski definition) is 4. The van der Waals surface area contributed by atoms with Crippen LogP contribution in [0.5, 0.6) is 0 Å². The third-order valence-electron chi connectivity index (χ3n) is 2.70. The van der Waals surface area contributed by atoms with Gasteiger partial charge in [0.15, 0.2) is 0 Å². The summed E-state index contributed by atoms with van der Waals surface area (Å²) in [7, 11) is -3.66. The van der Waals surface area contributed by atoms with E-state index in [1.807, 2.05) is 0 Å². The first-order valence-corrected chi connectivity index (χ1v) is 6.96. The summed E-state index contributed by atoms with van der Waals surface area (Å²) in [5, 5.41) is 9.51. The van der Waals surface area contributed by atoms with Gasteiger partial charge in [-0.3, -0.25) is 0 Å². The van der Waals surface area contributed by atoms with Crippen LogP contribution in [0, 0.1) is 0 Å². The van der Waals surface area contributed by atoms with E-state index >= 15 is 0 Å². The van der Waals surface area contributed by atoms with E-state index < -0.39 is 16.1 Å². The van der Waals surface area contributed by atoms with Crippen molar-refractivity contribution in [3.8, 4) is 0 Å². The molecule has 1 saturated heterocycles. The summed E-state index contributed by atoms with van der Waals surface area (Å²) in [4.78, 5) is -0.00623. The van der Waals surface area contributed by atoms with Crippen LogP contribution in [-0.2, 0) is 10.0 Å². The molecule has 1 aliphatic heterocycles. The fourth-order valence-electron chi connectivity index (χ4n) is 1.79. The van der Waals surface area contributed by atoms with E-state index in [2.05, 4.69) is 0 Å². The summed E-state index contributed by atoms with van der Waals surface area (Å²) in [5.74, 6) is 0. The van der Waals surface area contributed by atoms with Gasteiger partial charge in [0, 0.05) is 18.8 Å². The SMILES string of the molecule is Nc1ccc(Cl)c(S(=O)(=O)N2CC[C@H](O)C2)c1. The summed E-state index contributed by atoms with van der Waals surface area (Å²) >= 11 is 5.87.